The van der Waals surface area contributed by atoms with Crippen LogP contribution in [0.4, 0.5) is 11.5 Å². The van der Waals surface area contributed by atoms with Gasteiger partial charge in [0.25, 0.3) is 0 Å². The van der Waals surface area contributed by atoms with Gasteiger partial charge in [0.15, 0.2) is 0 Å². The molecule has 1 aromatic rings. The molecule has 5 heteroatoms. The van der Waals surface area contributed by atoms with Crippen LogP contribution >= 0.6 is 11.8 Å². The van der Waals surface area contributed by atoms with Crippen molar-refractivity contribution in [3.05, 3.63) is 11.6 Å². The fraction of sp³-hybridized carbons (Fsp3) is 0.400. The monoisotopic (exact) mass is 222 g/mol. The summed E-state index contributed by atoms with van der Waals surface area (Å²) in [7, 11) is 0. The highest BCUT2D eigenvalue weighted by atomic mass is 32.2. The zero-order valence-corrected chi connectivity index (χ0v) is 9.64. The summed E-state index contributed by atoms with van der Waals surface area (Å²) in [6, 6.07) is 3.56. The summed E-state index contributed by atoms with van der Waals surface area (Å²) in [6.07, 6.45) is 0. The Morgan fingerprint density at radius 1 is 1.53 bits per heavy atom. The average Bonchev–Trinajstić information content (AvgIpc) is 2.13. The van der Waals surface area contributed by atoms with E-state index in [9.17, 15) is 0 Å². The van der Waals surface area contributed by atoms with Gasteiger partial charge in [-0.2, -0.15) is 5.26 Å². The first-order valence-corrected chi connectivity index (χ1v) is 5.62. The van der Waals surface area contributed by atoms with Gasteiger partial charge in [0, 0.05) is 11.8 Å². The molecule has 1 heterocycles. The minimum atomic E-state index is 0.359. The van der Waals surface area contributed by atoms with Gasteiger partial charge in [-0.25, -0.2) is 4.98 Å². The fourth-order valence-electron chi connectivity index (χ4n) is 1.02. The van der Waals surface area contributed by atoms with Crippen molar-refractivity contribution in [2.45, 2.75) is 18.9 Å². The van der Waals surface area contributed by atoms with Crippen LogP contribution in [0.25, 0.3) is 0 Å². The highest BCUT2D eigenvalue weighted by Gasteiger charge is 2.10. The van der Waals surface area contributed by atoms with E-state index in [1.54, 1.807) is 0 Å². The number of aromatic nitrogens is 1. The molecule has 4 nitrogen and oxygen atoms in total. The van der Waals surface area contributed by atoms with E-state index in [0.717, 1.165) is 5.75 Å². The van der Waals surface area contributed by atoms with E-state index in [2.05, 4.69) is 24.9 Å². The highest BCUT2D eigenvalue weighted by molar-refractivity contribution is 7.99. The van der Waals surface area contributed by atoms with Crippen molar-refractivity contribution in [3.8, 4) is 6.07 Å². The van der Waals surface area contributed by atoms with Gasteiger partial charge in [0.1, 0.15) is 22.5 Å². The number of rotatable bonds is 3. The van der Waals surface area contributed by atoms with Gasteiger partial charge in [-0.1, -0.05) is 13.8 Å². The van der Waals surface area contributed by atoms with Crippen LogP contribution in [0.15, 0.2) is 11.1 Å². The van der Waals surface area contributed by atoms with Crippen LogP contribution in [-0.2, 0) is 0 Å². The van der Waals surface area contributed by atoms with E-state index in [4.69, 9.17) is 16.7 Å². The molecule has 0 aromatic carbocycles. The van der Waals surface area contributed by atoms with E-state index in [1.807, 2.05) is 0 Å². The lowest BCUT2D eigenvalue weighted by atomic mass is 10.2. The van der Waals surface area contributed by atoms with E-state index in [1.165, 1.54) is 17.8 Å². The molecule has 0 saturated carbocycles. The summed E-state index contributed by atoms with van der Waals surface area (Å²) >= 11 is 1.51. The zero-order chi connectivity index (χ0) is 11.4. The van der Waals surface area contributed by atoms with E-state index >= 15 is 0 Å². The Labute approximate surface area is 93.7 Å². The molecule has 0 aliphatic carbocycles. The van der Waals surface area contributed by atoms with Gasteiger partial charge in [-0.15, -0.1) is 11.8 Å². The van der Waals surface area contributed by atoms with Crippen LogP contribution in [0, 0.1) is 17.2 Å². The molecule has 1 rings (SSSR count). The van der Waals surface area contributed by atoms with Crippen molar-refractivity contribution in [1.82, 2.24) is 4.98 Å². The molecular weight excluding hydrogens is 208 g/mol. The van der Waals surface area contributed by atoms with E-state index in [-0.39, 0.29) is 0 Å². The third-order valence-corrected chi connectivity index (χ3v) is 3.10. The van der Waals surface area contributed by atoms with Crippen molar-refractivity contribution in [1.29, 1.82) is 5.26 Å². The zero-order valence-electron chi connectivity index (χ0n) is 8.82. The molecule has 0 aliphatic heterocycles. The first-order chi connectivity index (χ1) is 7.04. The summed E-state index contributed by atoms with van der Waals surface area (Å²) in [5.74, 6) is 1.79. The SMILES string of the molecule is CC(C)CSc1nc(N)cc(N)c1C#N. The molecule has 1 aromatic heterocycles. The van der Waals surface area contributed by atoms with Crippen LogP contribution in [0.2, 0.25) is 0 Å². The number of hydrogen-bond donors (Lipinski definition) is 2. The van der Waals surface area contributed by atoms with Crippen LogP contribution < -0.4 is 11.5 Å². The maximum Gasteiger partial charge on any atom is 0.126 e. The third-order valence-electron chi connectivity index (χ3n) is 1.70. The average molecular weight is 222 g/mol. The second-order valence-corrected chi connectivity index (χ2v) is 4.64. The van der Waals surface area contributed by atoms with Crippen molar-refractivity contribution >= 4 is 23.3 Å². The molecule has 15 heavy (non-hydrogen) atoms. The summed E-state index contributed by atoms with van der Waals surface area (Å²) in [6.45, 7) is 4.21. The number of pyridine rings is 1. The number of anilines is 2. The molecule has 0 amide bonds. The summed E-state index contributed by atoms with van der Waals surface area (Å²) in [4.78, 5) is 4.12. The van der Waals surface area contributed by atoms with Crippen molar-refractivity contribution in [3.63, 3.8) is 0 Å². The van der Waals surface area contributed by atoms with E-state index < -0.39 is 0 Å². The molecule has 0 radical (unpaired) electrons. The topological polar surface area (TPSA) is 88.7 Å². The lowest BCUT2D eigenvalue weighted by molar-refractivity contribution is 0.749. The molecule has 80 valence electrons. The van der Waals surface area contributed by atoms with Gasteiger partial charge < -0.3 is 11.5 Å². The molecule has 0 spiro atoms. The van der Waals surface area contributed by atoms with Crippen LogP contribution in [0.3, 0.4) is 0 Å². The minimum Gasteiger partial charge on any atom is -0.397 e. The number of hydrogen-bond acceptors (Lipinski definition) is 5. The lowest BCUT2D eigenvalue weighted by Crippen LogP contribution is -2.01. The predicted octanol–water partition coefficient (Wildman–Crippen LogP) is 1.87. The summed E-state index contributed by atoms with van der Waals surface area (Å²) < 4.78 is 0. The molecule has 4 N–H and O–H groups in total. The fourth-order valence-corrected chi connectivity index (χ4v) is 1.99. The Hall–Kier alpha value is -1.41. The first-order valence-electron chi connectivity index (χ1n) is 4.63. The Balaban J connectivity index is 3.00. The standard InChI is InChI=1S/C10H14N4S/c1-6(2)5-15-10-7(4-11)8(12)3-9(13)14-10/h3,6H,5H2,1-2H3,(H4,12,13,14). The number of thioether (sulfide) groups is 1. The number of nitrogens with two attached hydrogens (primary N) is 2. The first kappa shape index (κ1) is 11.7. The molecule has 0 atom stereocenters. The minimum absolute atomic E-state index is 0.359. The van der Waals surface area contributed by atoms with Crippen LogP contribution in [0.5, 0.6) is 0 Å². The van der Waals surface area contributed by atoms with Gasteiger partial charge in [0.2, 0.25) is 0 Å². The molecule has 0 unspecified atom stereocenters. The Bertz CT molecular complexity index is 395. The van der Waals surface area contributed by atoms with Crippen molar-refractivity contribution in [2.75, 3.05) is 17.2 Å². The Morgan fingerprint density at radius 3 is 2.73 bits per heavy atom. The quantitative estimate of drug-likeness (QED) is 0.762. The number of nitrogen functional groups attached to an aromatic ring is 2. The Morgan fingerprint density at radius 2 is 2.20 bits per heavy atom. The number of nitriles is 1. The number of nitrogens with zero attached hydrogens (tertiary/aromatic N) is 2. The molecule has 0 bridgehead atoms. The maximum atomic E-state index is 8.93. The smallest absolute Gasteiger partial charge is 0.126 e. The normalized spacial score (nSPS) is 10.3. The van der Waals surface area contributed by atoms with Crippen LogP contribution in [0.1, 0.15) is 19.4 Å². The molecular formula is C10H14N4S. The third kappa shape index (κ3) is 3.03. The Kier molecular flexibility index (Phi) is 3.81. The molecule has 0 fully saturated rings. The molecule has 0 saturated heterocycles. The summed E-state index contributed by atoms with van der Waals surface area (Å²) in [5, 5.41) is 9.56. The van der Waals surface area contributed by atoms with E-state index in [0.29, 0.717) is 28.0 Å². The van der Waals surface area contributed by atoms with Gasteiger partial charge in [-0.05, 0) is 5.92 Å². The van der Waals surface area contributed by atoms with Crippen molar-refractivity contribution in [2.24, 2.45) is 5.92 Å². The second-order valence-electron chi connectivity index (χ2n) is 3.63. The lowest BCUT2D eigenvalue weighted by Gasteiger charge is -2.08. The van der Waals surface area contributed by atoms with Crippen LogP contribution in [-0.4, -0.2) is 10.7 Å². The molecule has 0 aliphatic rings. The predicted molar refractivity (Wildman–Crippen MR) is 63.3 cm³/mol. The van der Waals surface area contributed by atoms with Crippen molar-refractivity contribution < 1.29 is 0 Å². The van der Waals surface area contributed by atoms with Gasteiger partial charge >= 0.3 is 0 Å². The second kappa shape index (κ2) is 4.89. The van der Waals surface area contributed by atoms with Gasteiger partial charge in [-0.3, -0.25) is 0 Å². The largest absolute Gasteiger partial charge is 0.397 e. The summed E-state index contributed by atoms with van der Waals surface area (Å²) in [5.41, 5.74) is 12.1. The van der Waals surface area contributed by atoms with Gasteiger partial charge in [0.05, 0.1) is 5.69 Å². The highest BCUT2D eigenvalue weighted by Crippen LogP contribution is 2.27. The maximum absolute atomic E-state index is 8.93.